The van der Waals surface area contributed by atoms with E-state index in [1.807, 2.05) is 91.9 Å². The number of nitrogens with zero attached hydrogens (tertiary/aromatic N) is 2. The molecule has 0 aliphatic carbocycles. The van der Waals surface area contributed by atoms with Gasteiger partial charge < -0.3 is 14.0 Å². The molecule has 2 aliphatic heterocycles. The van der Waals surface area contributed by atoms with Crippen molar-refractivity contribution >= 4 is 58.2 Å². The van der Waals surface area contributed by atoms with E-state index in [1.165, 1.54) is 43.4 Å². The van der Waals surface area contributed by atoms with E-state index in [0.29, 0.717) is 38.9 Å². The van der Waals surface area contributed by atoms with E-state index in [9.17, 15) is 24.0 Å². The average Bonchev–Trinajstić information content (AvgIpc) is 3.66. The molecule has 0 saturated heterocycles. The fraction of sp³-hybridized carbons (Fsp3) is 0.0408. The number of imide groups is 2. The van der Waals surface area contributed by atoms with Crippen LogP contribution >= 0.6 is 7.14 Å². The summed E-state index contributed by atoms with van der Waals surface area (Å²) >= 11 is 0. The van der Waals surface area contributed by atoms with Crippen LogP contribution in [0.1, 0.15) is 62.9 Å². The van der Waals surface area contributed by atoms with Crippen molar-refractivity contribution in [3.05, 3.63) is 203 Å². The number of amides is 4. The van der Waals surface area contributed by atoms with Crippen LogP contribution in [0.4, 0.5) is 5.69 Å². The van der Waals surface area contributed by atoms with Crippen LogP contribution in [-0.2, 0) is 4.57 Å². The van der Waals surface area contributed by atoms with E-state index < -0.39 is 36.6 Å². The monoisotopic (exact) mass is 808 g/mol. The molecule has 60 heavy (non-hydrogen) atoms. The lowest BCUT2D eigenvalue weighted by atomic mass is 9.96. The molecule has 0 unspecified atom stereocenters. The van der Waals surface area contributed by atoms with Crippen molar-refractivity contribution in [2.24, 2.45) is 0 Å². The number of hydrogen-bond acceptors (Lipinski definition) is 8. The molecule has 10 nitrogen and oxygen atoms in total. The van der Waals surface area contributed by atoms with Gasteiger partial charge in [-0.1, -0.05) is 90.5 Å². The Hall–Kier alpha value is -7.68. The standard InChI is InChI=1S/C49H33N2O8P/c1-30-13-19-34(20-14-30)58-36-23-26-43(44(29-36)60(57,37-9-5-3-6-10-37)38-11-7-4-8-12-38)59-35-21-17-33(18-22-35)51-48(55)40-25-16-32(28-42(40)49(51)56)45(52)31-15-24-39-41(27-31)47(54)50(2)46(39)53/h3-29H,1-2H3. The second-order valence-corrected chi connectivity index (χ2v) is 17.1. The Bertz CT molecular complexity index is 2920. The summed E-state index contributed by atoms with van der Waals surface area (Å²) in [5, 5.41) is 1.61. The van der Waals surface area contributed by atoms with Crippen molar-refractivity contribution < 1.29 is 38.0 Å². The first-order valence-corrected chi connectivity index (χ1v) is 20.6. The van der Waals surface area contributed by atoms with Crippen LogP contribution in [0.3, 0.4) is 0 Å². The molecule has 0 atom stereocenters. The second kappa shape index (κ2) is 14.9. The molecule has 292 valence electrons. The van der Waals surface area contributed by atoms with E-state index in [1.54, 1.807) is 42.5 Å². The third-order valence-electron chi connectivity index (χ3n) is 10.6. The zero-order valence-corrected chi connectivity index (χ0v) is 33.1. The molecule has 11 heteroatoms. The van der Waals surface area contributed by atoms with E-state index in [-0.39, 0.29) is 39.1 Å². The van der Waals surface area contributed by atoms with Crippen molar-refractivity contribution in [3.63, 3.8) is 0 Å². The molecule has 0 fully saturated rings. The van der Waals surface area contributed by atoms with E-state index in [4.69, 9.17) is 9.47 Å². The summed E-state index contributed by atoms with van der Waals surface area (Å²) in [6.45, 7) is 1.99. The zero-order chi connectivity index (χ0) is 41.7. The first kappa shape index (κ1) is 37.9. The number of rotatable bonds is 10. The van der Waals surface area contributed by atoms with Crippen molar-refractivity contribution in [3.8, 4) is 23.0 Å². The van der Waals surface area contributed by atoms with Crippen molar-refractivity contribution in [2.45, 2.75) is 6.92 Å². The van der Waals surface area contributed by atoms with Gasteiger partial charge in [0.2, 0.25) is 0 Å². The number of aryl methyl sites for hydroxylation is 1. The Morgan fingerprint density at radius 3 is 1.58 bits per heavy atom. The molecule has 7 aromatic carbocycles. The average molecular weight is 809 g/mol. The number of fused-ring (bicyclic) bond motifs is 2. The van der Waals surface area contributed by atoms with Crippen LogP contribution < -0.4 is 30.3 Å². The summed E-state index contributed by atoms with van der Waals surface area (Å²) in [4.78, 5) is 67.9. The fourth-order valence-corrected chi connectivity index (χ4v) is 10.2. The van der Waals surface area contributed by atoms with Gasteiger partial charge in [-0.25, -0.2) is 4.90 Å². The number of ether oxygens (including phenoxy) is 2. The van der Waals surface area contributed by atoms with Gasteiger partial charge in [0.15, 0.2) is 12.9 Å². The quantitative estimate of drug-likeness (QED) is 0.0766. The molecule has 7 aromatic rings. The minimum Gasteiger partial charge on any atom is -0.457 e. The third kappa shape index (κ3) is 6.49. The smallest absolute Gasteiger partial charge is 0.266 e. The molecule has 2 heterocycles. The molecular formula is C49H33N2O8P. The Balaban J connectivity index is 1.01. The predicted octanol–water partition coefficient (Wildman–Crippen LogP) is 8.48. The normalized spacial score (nSPS) is 13.4. The molecule has 0 N–H and O–H groups in total. The number of benzene rings is 7. The largest absolute Gasteiger partial charge is 0.457 e. The lowest BCUT2D eigenvalue weighted by Gasteiger charge is -2.23. The fourth-order valence-electron chi connectivity index (χ4n) is 7.41. The highest BCUT2D eigenvalue weighted by molar-refractivity contribution is 7.85. The molecule has 0 radical (unpaired) electrons. The van der Waals surface area contributed by atoms with Gasteiger partial charge in [-0.3, -0.25) is 28.9 Å². The second-order valence-electron chi connectivity index (χ2n) is 14.4. The first-order valence-electron chi connectivity index (χ1n) is 18.9. The van der Waals surface area contributed by atoms with E-state index in [2.05, 4.69) is 0 Å². The Kier molecular flexibility index (Phi) is 9.42. The van der Waals surface area contributed by atoms with Gasteiger partial charge in [0.05, 0.1) is 33.2 Å². The van der Waals surface area contributed by atoms with Crippen molar-refractivity contribution in [1.29, 1.82) is 0 Å². The SMILES string of the molecule is Cc1ccc(Oc2ccc(Oc3ccc(N4C(=O)c5ccc(C(=O)c6ccc7c(c6)C(=O)N(C)C7=O)cc5C4=O)cc3)c(P(=O)(c3ccccc3)c3ccccc3)c2)cc1. The number of carbonyl (C=O) groups excluding carboxylic acids is 5. The van der Waals surface area contributed by atoms with E-state index >= 15 is 4.57 Å². The van der Waals surface area contributed by atoms with Crippen LogP contribution in [0.15, 0.2) is 164 Å². The maximum absolute atomic E-state index is 15.6. The van der Waals surface area contributed by atoms with Gasteiger partial charge in [0.25, 0.3) is 23.6 Å². The van der Waals surface area contributed by atoms with Crippen LogP contribution in [0.25, 0.3) is 0 Å². The molecule has 9 rings (SSSR count). The lowest BCUT2D eigenvalue weighted by Crippen LogP contribution is -2.29. The molecule has 4 amide bonds. The van der Waals surface area contributed by atoms with Crippen LogP contribution in [0.5, 0.6) is 23.0 Å². The maximum atomic E-state index is 15.6. The minimum atomic E-state index is -3.57. The van der Waals surface area contributed by atoms with Gasteiger partial charge in [-0.05, 0) is 85.8 Å². The maximum Gasteiger partial charge on any atom is 0.266 e. The van der Waals surface area contributed by atoms with Gasteiger partial charge in [0, 0.05) is 28.8 Å². The summed E-state index contributed by atoms with van der Waals surface area (Å²) in [6.07, 6.45) is 0. The summed E-state index contributed by atoms with van der Waals surface area (Å²) in [6, 6.07) is 46.2. The minimum absolute atomic E-state index is 0.0495. The molecule has 0 bridgehead atoms. The summed E-state index contributed by atoms with van der Waals surface area (Å²) in [5.41, 5.74) is 2.17. The van der Waals surface area contributed by atoms with Gasteiger partial charge in [-0.15, -0.1) is 0 Å². The summed E-state index contributed by atoms with van der Waals surface area (Å²) in [7, 11) is -2.19. The van der Waals surface area contributed by atoms with Crippen LogP contribution in [0.2, 0.25) is 0 Å². The lowest BCUT2D eigenvalue weighted by molar-refractivity contribution is 0.0692. The summed E-state index contributed by atoms with van der Waals surface area (Å²) < 4.78 is 28.4. The Labute approximate surface area is 344 Å². The van der Waals surface area contributed by atoms with Gasteiger partial charge in [0.1, 0.15) is 23.0 Å². The van der Waals surface area contributed by atoms with Crippen molar-refractivity contribution in [2.75, 3.05) is 11.9 Å². The highest BCUT2D eigenvalue weighted by atomic mass is 31.2. The van der Waals surface area contributed by atoms with Crippen LogP contribution in [-0.4, -0.2) is 41.4 Å². The Morgan fingerprint density at radius 2 is 0.983 bits per heavy atom. The highest BCUT2D eigenvalue weighted by Gasteiger charge is 2.38. The molecular weight excluding hydrogens is 776 g/mol. The molecule has 2 aliphatic rings. The molecule has 0 saturated carbocycles. The van der Waals surface area contributed by atoms with Crippen LogP contribution in [0, 0.1) is 6.92 Å². The molecule has 0 spiro atoms. The number of hydrogen-bond donors (Lipinski definition) is 0. The zero-order valence-electron chi connectivity index (χ0n) is 32.2. The molecule has 0 aromatic heterocycles. The third-order valence-corrected chi connectivity index (χ3v) is 13.7. The predicted molar refractivity (Wildman–Crippen MR) is 227 cm³/mol. The first-order chi connectivity index (χ1) is 29.0. The highest BCUT2D eigenvalue weighted by Crippen LogP contribution is 2.47. The van der Waals surface area contributed by atoms with Gasteiger partial charge >= 0.3 is 0 Å². The number of ketones is 1. The van der Waals surface area contributed by atoms with Crippen molar-refractivity contribution in [1.82, 2.24) is 4.90 Å². The number of anilines is 1. The number of carbonyl (C=O) groups is 5. The Morgan fingerprint density at radius 1 is 0.500 bits per heavy atom. The summed E-state index contributed by atoms with van der Waals surface area (Å²) in [5.74, 6) is -0.866. The van der Waals surface area contributed by atoms with E-state index in [0.717, 1.165) is 15.4 Å². The van der Waals surface area contributed by atoms with Gasteiger partial charge in [-0.2, -0.15) is 0 Å². The topological polar surface area (TPSA) is 127 Å².